The van der Waals surface area contributed by atoms with E-state index < -0.39 is 11.7 Å². The molecule has 0 saturated carbocycles. The number of benzene rings is 3. The molecule has 0 aliphatic rings. The predicted octanol–water partition coefficient (Wildman–Crippen LogP) is 9.80. The molecular formula is C35H38F3NO3. The van der Waals surface area contributed by atoms with E-state index in [0.717, 1.165) is 65.4 Å². The number of carbonyl (C=O) groups excluding carboxylic acids is 2. The number of rotatable bonds is 14. The van der Waals surface area contributed by atoms with Crippen LogP contribution < -0.4 is 0 Å². The Kier molecular flexibility index (Phi) is 10.6. The van der Waals surface area contributed by atoms with E-state index in [4.69, 9.17) is 4.74 Å². The van der Waals surface area contributed by atoms with Gasteiger partial charge in [0.25, 0.3) is 0 Å². The Morgan fingerprint density at radius 1 is 0.810 bits per heavy atom. The SMILES string of the molecule is CCCCCCC(c1ccc(C(=O)CCCC(=O)OCC)cc1)n1ccc2cc(-c3ccc(C(F)(F)F)cc3)ccc21. The fourth-order valence-corrected chi connectivity index (χ4v) is 5.36. The number of hydrogen-bond acceptors (Lipinski definition) is 3. The molecule has 0 saturated heterocycles. The number of Topliss-reactive ketones (excluding diaryl/α,β-unsaturated/α-hetero) is 1. The van der Waals surface area contributed by atoms with Gasteiger partial charge in [-0.3, -0.25) is 9.59 Å². The molecule has 1 atom stereocenters. The molecule has 0 bridgehead atoms. The number of unbranched alkanes of at least 4 members (excludes halogenated alkanes) is 3. The zero-order chi connectivity index (χ0) is 30.1. The first-order valence-corrected chi connectivity index (χ1v) is 14.8. The molecule has 0 amide bonds. The summed E-state index contributed by atoms with van der Waals surface area (Å²) >= 11 is 0. The topological polar surface area (TPSA) is 48.3 Å². The minimum Gasteiger partial charge on any atom is -0.466 e. The molecule has 0 fully saturated rings. The maximum atomic E-state index is 13.0. The lowest BCUT2D eigenvalue weighted by Gasteiger charge is -2.21. The monoisotopic (exact) mass is 577 g/mol. The third-order valence-electron chi connectivity index (χ3n) is 7.64. The number of aromatic nitrogens is 1. The number of carbonyl (C=O) groups is 2. The van der Waals surface area contributed by atoms with Crippen molar-refractivity contribution in [1.29, 1.82) is 0 Å². The van der Waals surface area contributed by atoms with Gasteiger partial charge in [-0.2, -0.15) is 13.2 Å². The van der Waals surface area contributed by atoms with Gasteiger partial charge in [0.15, 0.2) is 5.78 Å². The molecule has 0 spiro atoms. The lowest BCUT2D eigenvalue weighted by atomic mass is 9.96. The van der Waals surface area contributed by atoms with E-state index in [2.05, 4.69) is 17.7 Å². The summed E-state index contributed by atoms with van der Waals surface area (Å²) in [7, 11) is 0. The summed E-state index contributed by atoms with van der Waals surface area (Å²) < 4.78 is 46.2. The molecule has 222 valence electrons. The average molecular weight is 578 g/mol. The summed E-state index contributed by atoms with van der Waals surface area (Å²) in [5, 5.41) is 1.01. The highest BCUT2D eigenvalue weighted by atomic mass is 19.4. The first-order valence-electron chi connectivity index (χ1n) is 14.8. The van der Waals surface area contributed by atoms with Gasteiger partial charge in [-0.25, -0.2) is 0 Å². The number of halogens is 3. The van der Waals surface area contributed by atoms with Crippen molar-refractivity contribution in [2.75, 3.05) is 6.61 Å². The second-order valence-corrected chi connectivity index (χ2v) is 10.6. The van der Waals surface area contributed by atoms with Crippen molar-refractivity contribution in [2.45, 2.75) is 77.4 Å². The summed E-state index contributed by atoms with van der Waals surface area (Å²) in [6, 6.07) is 21.2. The summed E-state index contributed by atoms with van der Waals surface area (Å²) in [4.78, 5) is 24.3. The van der Waals surface area contributed by atoms with Crippen molar-refractivity contribution in [3.05, 3.63) is 95.7 Å². The zero-order valence-corrected chi connectivity index (χ0v) is 24.3. The lowest BCUT2D eigenvalue weighted by Crippen LogP contribution is -2.10. The molecule has 0 radical (unpaired) electrons. The number of nitrogens with zero attached hydrogens (tertiary/aromatic N) is 1. The molecule has 0 N–H and O–H groups in total. The minimum absolute atomic E-state index is 0.00699. The van der Waals surface area contributed by atoms with E-state index in [-0.39, 0.29) is 24.2 Å². The molecule has 1 heterocycles. The summed E-state index contributed by atoms with van der Waals surface area (Å²) in [6.45, 7) is 4.29. The maximum Gasteiger partial charge on any atom is 0.416 e. The summed E-state index contributed by atoms with van der Waals surface area (Å²) in [5.74, 6) is -0.274. The standard InChI is InChI=1S/C35H38F3NO3/c1-3-5-6-7-9-31(26-12-14-27(15-13-26)33(40)10-8-11-34(41)42-4-2)39-23-22-29-24-28(18-21-32(29)39)25-16-19-30(20-17-25)35(36,37)38/h12-24,31H,3-11H2,1-2H3. The normalized spacial score (nSPS) is 12.4. The molecule has 3 aromatic carbocycles. The molecule has 4 aromatic rings. The Morgan fingerprint density at radius 3 is 2.19 bits per heavy atom. The second kappa shape index (κ2) is 14.3. The first-order chi connectivity index (χ1) is 20.2. The van der Waals surface area contributed by atoms with E-state index in [0.29, 0.717) is 25.0 Å². The zero-order valence-electron chi connectivity index (χ0n) is 24.3. The van der Waals surface area contributed by atoms with Crippen molar-refractivity contribution >= 4 is 22.7 Å². The van der Waals surface area contributed by atoms with E-state index in [1.54, 1.807) is 6.92 Å². The molecule has 1 unspecified atom stereocenters. The van der Waals surface area contributed by atoms with Crippen molar-refractivity contribution in [3.8, 4) is 11.1 Å². The molecule has 4 rings (SSSR count). The van der Waals surface area contributed by atoms with Crippen LogP contribution in [0.15, 0.2) is 79.0 Å². The Morgan fingerprint density at radius 2 is 1.52 bits per heavy atom. The number of esters is 1. The van der Waals surface area contributed by atoms with E-state index in [1.165, 1.54) is 18.6 Å². The average Bonchev–Trinajstić information content (AvgIpc) is 3.40. The number of fused-ring (bicyclic) bond motifs is 1. The van der Waals surface area contributed by atoms with Gasteiger partial charge in [0.1, 0.15) is 0 Å². The van der Waals surface area contributed by atoms with Crippen LogP contribution in [0.25, 0.3) is 22.0 Å². The van der Waals surface area contributed by atoms with Crippen molar-refractivity contribution in [3.63, 3.8) is 0 Å². The minimum atomic E-state index is -4.36. The van der Waals surface area contributed by atoms with Gasteiger partial charge in [-0.1, -0.05) is 75.1 Å². The van der Waals surface area contributed by atoms with Crippen LogP contribution in [0.5, 0.6) is 0 Å². The molecule has 4 nitrogen and oxygen atoms in total. The first kappa shape index (κ1) is 31.1. The fraction of sp³-hybridized carbons (Fsp3) is 0.371. The molecule has 0 aliphatic carbocycles. The van der Waals surface area contributed by atoms with Gasteiger partial charge in [0, 0.05) is 35.5 Å². The maximum absolute atomic E-state index is 13.0. The van der Waals surface area contributed by atoms with Gasteiger partial charge < -0.3 is 9.30 Å². The van der Waals surface area contributed by atoms with Gasteiger partial charge in [-0.15, -0.1) is 0 Å². The van der Waals surface area contributed by atoms with E-state index >= 15 is 0 Å². The predicted molar refractivity (Wildman–Crippen MR) is 161 cm³/mol. The van der Waals surface area contributed by atoms with Gasteiger partial charge in [0.2, 0.25) is 0 Å². The third-order valence-corrected chi connectivity index (χ3v) is 7.64. The van der Waals surface area contributed by atoms with E-state index in [9.17, 15) is 22.8 Å². The van der Waals surface area contributed by atoms with Crippen molar-refractivity contribution < 1.29 is 27.5 Å². The van der Waals surface area contributed by atoms with Crippen molar-refractivity contribution in [2.24, 2.45) is 0 Å². The molecule has 1 aromatic heterocycles. The highest BCUT2D eigenvalue weighted by molar-refractivity contribution is 5.96. The van der Waals surface area contributed by atoms with Crippen LogP contribution in [-0.4, -0.2) is 22.9 Å². The third kappa shape index (κ3) is 7.90. The molecule has 42 heavy (non-hydrogen) atoms. The quantitative estimate of drug-likeness (QED) is 0.0851. The van der Waals surface area contributed by atoms with Crippen LogP contribution in [-0.2, 0) is 15.7 Å². The smallest absolute Gasteiger partial charge is 0.416 e. The van der Waals surface area contributed by atoms with Gasteiger partial charge in [0.05, 0.1) is 18.2 Å². The van der Waals surface area contributed by atoms with Gasteiger partial charge in [-0.05, 0) is 66.8 Å². The Labute approximate surface area is 245 Å². The number of hydrogen-bond donors (Lipinski definition) is 0. The largest absolute Gasteiger partial charge is 0.466 e. The highest BCUT2D eigenvalue weighted by Crippen LogP contribution is 2.34. The fourth-order valence-electron chi connectivity index (χ4n) is 5.36. The number of alkyl halides is 3. The van der Waals surface area contributed by atoms with Crippen LogP contribution in [0.3, 0.4) is 0 Å². The Bertz CT molecular complexity index is 1470. The Hall–Kier alpha value is -3.87. The number of ketones is 1. The summed E-state index contributed by atoms with van der Waals surface area (Å²) in [5.41, 5.74) is 3.72. The van der Waals surface area contributed by atoms with Crippen LogP contribution in [0.1, 0.15) is 92.7 Å². The van der Waals surface area contributed by atoms with Crippen molar-refractivity contribution in [1.82, 2.24) is 4.57 Å². The second-order valence-electron chi connectivity index (χ2n) is 10.6. The molecule has 0 aliphatic heterocycles. The molecule has 7 heteroatoms. The Balaban J connectivity index is 1.55. The molecular weight excluding hydrogens is 539 g/mol. The van der Waals surface area contributed by atoms with Crippen LogP contribution in [0.2, 0.25) is 0 Å². The lowest BCUT2D eigenvalue weighted by molar-refractivity contribution is -0.143. The van der Waals surface area contributed by atoms with Crippen LogP contribution >= 0.6 is 0 Å². The highest BCUT2D eigenvalue weighted by Gasteiger charge is 2.30. The van der Waals surface area contributed by atoms with Gasteiger partial charge >= 0.3 is 12.1 Å². The summed E-state index contributed by atoms with van der Waals surface area (Å²) in [6.07, 6.45) is 4.17. The van der Waals surface area contributed by atoms with Crippen LogP contribution in [0.4, 0.5) is 13.2 Å². The van der Waals surface area contributed by atoms with Crippen LogP contribution in [0, 0.1) is 0 Å². The van der Waals surface area contributed by atoms with E-state index in [1.807, 2.05) is 48.5 Å². The number of ether oxygens (including phenoxy) is 1.